The molecular formula is C20H29N3O3. The minimum absolute atomic E-state index is 0.0473. The molecule has 1 atom stereocenters. The summed E-state index contributed by atoms with van der Waals surface area (Å²) in [6, 6.07) is 8.00. The van der Waals surface area contributed by atoms with E-state index in [2.05, 4.69) is 11.9 Å². The summed E-state index contributed by atoms with van der Waals surface area (Å²) in [6.07, 6.45) is 2.32. The third-order valence-electron chi connectivity index (χ3n) is 5.70. The molecule has 6 nitrogen and oxygen atoms in total. The fourth-order valence-corrected chi connectivity index (χ4v) is 3.98. The Balaban J connectivity index is 1.61. The van der Waals surface area contributed by atoms with Crippen molar-refractivity contribution in [3.8, 4) is 5.75 Å². The lowest BCUT2D eigenvalue weighted by Crippen LogP contribution is -2.46. The van der Waals surface area contributed by atoms with E-state index in [0.29, 0.717) is 19.5 Å². The zero-order valence-electron chi connectivity index (χ0n) is 16.0. The van der Waals surface area contributed by atoms with E-state index in [1.54, 1.807) is 12.0 Å². The molecule has 6 heteroatoms. The fraction of sp³-hybridized carbons (Fsp3) is 0.600. The molecule has 1 aromatic carbocycles. The third-order valence-corrected chi connectivity index (χ3v) is 5.70. The lowest BCUT2D eigenvalue weighted by molar-refractivity contribution is -0.137. The van der Waals surface area contributed by atoms with Crippen LogP contribution in [0.25, 0.3) is 0 Å². The number of likely N-dealkylation sites (tertiary alicyclic amines) is 2. The van der Waals surface area contributed by atoms with E-state index in [0.717, 1.165) is 37.2 Å². The van der Waals surface area contributed by atoms with Crippen LogP contribution >= 0.6 is 0 Å². The quantitative estimate of drug-likeness (QED) is 0.801. The molecule has 2 fully saturated rings. The Morgan fingerprint density at radius 2 is 1.96 bits per heavy atom. The molecule has 142 valence electrons. The molecule has 2 aliphatic rings. The highest BCUT2D eigenvalue weighted by atomic mass is 16.5. The summed E-state index contributed by atoms with van der Waals surface area (Å²) in [5, 5.41) is 0. The predicted molar refractivity (Wildman–Crippen MR) is 99.8 cm³/mol. The number of piperidine rings is 1. The maximum absolute atomic E-state index is 12.9. The van der Waals surface area contributed by atoms with Crippen LogP contribution < -0.4 is 4.74 Å². The summed E-state index contributed by atoms with van der Waals surface area (Å²) in [6.45, 7) is 3.02. The Kier molecular flexibility index (Phi) is 5.81. The largest absolute Gasteiger partial charge is 0.496 e. The number of carbonyl (C=O) groups excluding carboxylic acids is 2. The lowest BCUT2D eigenvalue weighted by atomic mass is 10.0. The molecule has 26 heavy (non-hydrogen) atoms. The van der Waals surface area contributed by atoms with Crippen molar-refractivity contribution in [2.24, 2.45) is 5.92 Å². The van der Waals surface area contributed by atoms with Crippen LogP contribution in [0.3, 0.4) is 0 Å². The number of hydrogen-bond acceptors (Lipinski definition) is 4. The van der Waals surface area contributed by atoms with E-state index in [1.807, 2.05) is 36.2 Å². The summed E-state index contributed by atoms with van der Waals surface area (Å²) < 4.78 is 5.37. The number of rotatable bonds is 5. The molecule has 0 aliphatic carbocycles. The van der Waals surface area contributed by atoms with Crippen molar-refractivity contribution in [1.29, 1.82) is 0 Å². The van der Waals surface area contributed by atoms with Gasteiger partial charge in [0.05, 0.1) is 13.0 Å². The fourth-order valence-electron chi connectivity index (χ4n) is 3.98. The summed E-state index contributed by atoms with van der Waals surface area (Å²) in [4.78, 5) is 31.3. The number of carbonyl (C=O) groups is 2. The number of methoxy groups -OCH3 is 1. The van der Waals surface area contributed by atoms with Crippen molar-refractivity contribution in [2.75, 3.05) is 40.8 Å². The van der Waals surface area contributed by atoms with Crippen molar-refractivity contribution in [3.05, 3.63) is 29.8 Å². The number of hydrogen-bond donors (Lipinski definition) is 0. The van der Waals surface area contributed by atoms with Gasteiger partial charge in [-0.1, -0.05) is 18.2 Å². The Hall–Kier alpha value is -2.08. The first-order valence-corrected chi connectivity index (χ1v) is 9.34. The molecule has 2 aliphatic heterocycles. The van der Waals surface area contributed by atoms with Crippen molar-refractivity contribution in [3.63, 3.8) is 0 Å². The van der Waals surface area contributed by atoms with Crippen LogP contribution in [-0.2, 0) is 16.1 Å². The van der Waals surface area contributed by atoms with E-state index in [1.165, 1.54) is 0 Å². The van der Waals surface area contributed by atoms with Gasteiger partial charge < -0.3 is 19.4 Å². The molecule has 0 radical (unpaired) electrons. The van der Waals surface area contributed by atoms with Gasteiger partial charge in [0.1, 0.15) is 5.75 Å². The minimum atomic E-state index is -0.234. The van der Waals surface area contributed by atoms with Crippen LogP contribution in [0.2, 0.25) is 0 Å². The molecule has 2 saturated heterocycles. The second-order valence-corrected chi connectivity index (χ2v) is 7.47. The van der Waals surface area contributed by atoms with Crippen molar-refractivity contribution >= 4 is 11.8 Å². The molecule has 0 spiro atoms. The predicted octanol–water partition coefficient (Wildman–Crippen LogP) is 1.60. The molecule has 3 rings (SSSR count). The average Bonchev–Trinajstić information content (AvgIpc) is 3.02. The highest BCUT2D eigenvalue weighted by Gasteiger charge is 2.37. The van der Waals surface area contributed by atoms with Crippen LogP contribution in [0.1, 0.15) is 24.8 Å². The first-order valence-electron chi connectivity index (χ1n) is 9.34. The van der Waals surface area contributed by atoms with Gasteiger partial charge in [-0.15, -0.1) is 0 Å². The maximum Gasteiger partial charge on any atom is 0.227 e. The van der Waals surface area contributed by atoms with Gasteiger partial charge in [-0.3, -0.25) is 9.59 Å². The summed E-state index contributed by atoms with van der Waals surface area (Å²) in [7, 11) is 5.64. The molecule has 1 aromatic rings. The number of para-hydroxylation sites is 1. The third kappa shape index (κ3) is 4.01. The van der Waals surface area contributed by atoms with E-state index in [-0.39, 0.29) is 23.8 Å². The number of benzene rings is 1. The van der Waals surface area contributed by atoms with E-state index < -0.39 is 0 Å². The van der Waals surface area contributed by atoms with Crippen molar-refractivity contribution < 1.29 is 14.3 Å². The maximum atomic E-state index is 12.9. The van der Waals surface area contributed by atoms with Gasteiger partial charge in [-0.05, 0) is 39.0 Å². The average molecular weight is 359 g/mol. The topological polar surface area (TPSA) is 53.1 Å². The van der Waals surface area contributed by atoms with Gasteiger partial charge in [0.25, 0.3) is 0 Å². The second-order valence-electron chi connectivity index (χ2n) is 7.47. The van der Waals surface area contributed by atoms with Crippen LogP contribution in [-0.4, -0.2) is 73.4 Å². The number of nitrogens with zero attached hydrogens (tertiary/aromatic N) is 3. The highest BCUT2D eigenvalue weighted by Crippen LogP contribution is 2.27. The summed E-state index contributed by atoms with van der Waals surface area (Å²) in [5.74, 6) is 0.696. The first-order chi connectivity index (χ1) is 12.5. The van der Waals surface area contributed by atoms with Gasteiger partial charge in [0, 0.05) is 38.2 Å². The van der Waals surface area contributed by atoms with Crippen molar-refractivity contribution in [1.82, 2.24) is 14.7 Å². The first kappa shape index (κ1) is 18.7. The van der Waals surface area contributed by atoms with Crippen LogP contribution in [0, 0.1) is 5.92 Å². The standard InChI is InChI=1S/C20H29N3O3/c1-21-10-8-17(9-11-21)22(2)20(25)16-12-19(24)23(14-16)13-15-6-4-5-7-18(15)26-3/h4-7,16-17H,8-14H2,1-3H3. The van der Waals surface area contributed by atoms with Crippen LogP contribution in [0.15, 0.2) is 24.3 Å². The van der Waals surface area contributed by atoms with E-state index in [9.17, 15) is 9.59 Å². The van der Waals surface area contributed by atoms with Crippen molar-refractivity contribution in [2.45, 2.75) is 31.8 Å². The zero-order chi connectivity index (χ0) is 18.7. The Labute approximate surface area is 155 Å². The van der Waals surface area contributed by atoms with Gasteiger partial charge in [0.2, 0.25) is 11.8 Å². The minimum Gasteiger partial charge on any atom is -0.496 e. The smallest absolute Gasteiger partial charge is 0.227 e. The van der Waals surface area contributed by atoms with Gasteiger partial charge in [-0.25, -0.2) is 0 Å². The Morgan fingerprint density at radius 1 is 1.27 bits per heavy atom. The molecule has 1 unspecified atom stereocenters. The highest BCUT2D eigenvalue weighted by molar-refractivity contribution is 5.89. The molecule has 0 aromatic heterocycles. The second kappa shape index (κ2) is 8.08. The van der Waals surface area contributed by atoms with Gasteiger partial charge >= 0.3 is 0 Å². The van der Waals surface area contributed by atoms with E-state index in [4.69, 9.17) is 4.74 Å². The monoisotopic (exact) mass is 359 g/mol. The molecule has 0 N–H and O–H groups in total. The molecule has 2 heterocycles. The summed E-state index contributed by atoms with van der Waals surface area (Å²) in [5.41, 5.74) is 0.972. The molecule has 0 saturated carbocycles. The number of amides is 2. The Morgan fingerprint density at radius 3 is 2.65 bits per heavy atom. The lowest BCUT2D eigenvalue weighted by Gasteiger charge is -2.36. The SMILES string of the molecule is COc1ccccc1CN1CC(C(=O)N(C)C2CCN(C)CC2)CC1=O. The normalized spacial score (nSPS) is 21.9. The molecular weight excluding hydrogens is 330 g/mol. The van der Waals surface area contributed by atoms with Crippen LogP contribution in [0.5, 0.6) is 5.75 Å². The zero-order valence-corrected chi connectivity index (χ0v) is 16.0. The summed E-state index contributed by atoms with van der Waals surface area (Å²) >= 11 is 0. The van der Waals surface area contributed by atoms with Gasteiger partial charge in [0.15, 0.2) is 0 Å². The van der Waals surface area contributed by atoms with Crippen LogP contribution in [0.4, 0.5) is 0 Å². The Bertz CT molecular complexity index is 655. The van der Waals surface area contributed by atoms with E-state index >= 15 is 0 Å². The molecule has 2 amide bonds. The number of ether oxygens (including phenoxy) is 1. The molecule has 0 bridgehead atoms. The van der Waals surface area contributed by atoms with Gasteiger partial charge in [-0.2, -0.15) is 0 Å².